The Hall–Kier alpha value is -2.84. The van der Waals surface area contributed by atoms with Crippen molar-refractivity contribution < 1.29 is 23.8 Å². The molecule has 27 heavy (non-hydrogen) atoms. The van der Waals surface area contributed by atoms with E-state index in [1.165, 1.54) is 0 Å². The molecule has 1 fully saturated rings. The first kappa shape index (κ1) is 17.6. The van der Waals surface area contributed by atoms with E-state index in [9.17, 15) is 9.90 Å². The molecular formula is C19H21N3O5. The lowest BCUT2D eigenvalue weighted by molar-refractivity contribution is 0.0886. The first-order chi connectivity index (χ1) is 13.0. The molecule has 0 radical (unpaired) electrons. The van der Waals surface area contributed by atoms with Crippen LogP contribution in [0, 0.1) is 6.92 Å². The largest absolute Gasteiger partial charge is 0.486 e. The highest BCUT2D eigenvalue weighted by Crippen LogP contribution is 2.29. The minimum atomic E-state index is -0.705. The van der Waals surface area contributed by atoms with Gasteiger partial charge in [-0.25, -0.2) is 4.98 Å². The second-order valence-electron chi connectivity index (χ2n) is 6.62. The monoisotopic (exact) mass is 371 g/mol. The summed E-state index contributed by atoms with van der Waals surface area (Å²) in [4.78, 5) is 17.0. The Labute approximate surface area is 155 Å². The number of furan rings is 1. The molecule has 1 saturated heterocycles. The number of hydrogen-bond donors (Lipinski definition) is 2. The van der Waals surface area contributed by atoms with Gasteiger partial charge in [0.15, 0.2) is 0 Å². The molecule has 0 aliphatic carbocycles. The van der Waals surface area contributed by atoms with E-state index in [0.29, 0.717) is 41.3 Å². The molecule has 3 aromatic rings. The summed E-state index contributed by atoms with van der Waals surface area (Å²) in [6.45, 7) is 2.57. The molecule has 1 amide bonds. The summed E-state index contributed by atoms with van der Waals surface area (Å²) in [5.41, 5.74) is 1.04. The first-order valence-corrected chi connectivity index (χ1v) is 8.71. The summed E-state index contributed by atoms with van der Waals surface area (Å²) in [6.07, 6.45) is 2.86. The molecule has 0 bridgehead atoms. The smallest absolute Gasteiger partial charge is 0.255 e. The molecule has 0 spiro atoms. The number of amides is 1. The second kappa shape index (κ2) is 7.05. The van der Waals surface area contributed by atoms with Crippen molar-refractivity contribution >= 4 is 16.9 Å². The Morgan fingerprint density at radius 1 is 1.44 bits per heavy atom. The zero-order valence-electron chi connectivity index (χ0n) is 15.1. The molecule has 2 atom stereocenters. The maximum atomic E-state index is 12.8. The van der Waals surface area contributed by atoms with Gasteiger partial charge in [0.25, 0.3) is 5.91 Å². The third-order valence-electron chi connectivity index (χ3n) is 4.72. The van der Waals surface area contributed by atoms with Gasteiger partial charge in [-0.3, -0.25) is 4.79 Å². The number of aliphatic hydroxyl groups is 1. The number of nitrogens with one attached hydrogen (secondary N) is 1. The fraction of sp³-hybridized carbons (Fsp3) is 0.368. The number of aromatic nitrogens is 2. The van der Waals surface area contributed by atoms with Crippen molar-refractivity contribution in [1.82, 2.24) is 14.9 Å². The topological polar surface area (TPSA) is 98.8 Å². The van der Waals surface area contributed by atoms with Gasteiger partial charge >= 0.3 is 0 Å². The molecule has 1 unspecified atom stereocenters. The fourth-order valence-corrected chi connectivity index (χ4v) is 3.18. The van der Waals surface area contributed by atoms with E-state index >= 15 is 0 Å². The van der Waals surface area contributed by atoms with E-state index in [2.05, 4.69) is 10.3 Å². The van der Waals surface area contributed by atoms with Crippen molar-refractivity contribution in [3.8, 4) is 5.75 Å². The van der Waals surface area contributed by atoms with Crippen molar-refractivity contribution in [1.29, 1.82) is 0 Å². The second-order valence-corrected chi connectivity index (χ2v) is 6.62. The molecule has 2 aromatic heterocycles. The molecule has 0 saturated carbocycles. The standard InChI is InChI=1S/C19H21N3O5/c1-11-18(19(24)21-14-8-25-9-15(14)23)13-7-12(3-4-16(13)27-11)26-10-17-20-5-6-22(17)2/h3-7,14-15,23H,8-10H2,1-2H3,(H,21,24)/t14?,15-/m0/s1. The van der Waals surface area contributed by atoms with Crippen LogP contribution in [0.15, 0.2) is 35.0 Å². The number of ether oxygens (including phenoxy) is 2. The van der Waals surface area contributed by atoms with Crippen LogP contribution in [0.5, 0.6) is 5.75 Å². The highest BCUT2D eigenvalue weighted by Gasteiger charge is 2.29. The van der Waals surface area contributed by atoms with Crippen LogP contribution in [-0.4, -0.2) is 45.9 Å². The van der Waals surface area contributed by atoms with Crippen molar-refractivity contribution in [2.45, 2.75) is 25.7 Å². The number of imidazole rings is 1. The van der Waals surface area contributed by atoms with E-state index < -0.39 is 12.1 Å². The van der Waals surface area contributed by atoms with E-state index in [0.717, 1.165) is 5.82 Å². The van der Waals surface area contributed by atoms with Gasteiger partial charge in [0, 0.05) is 24.8 Å². The zero-order valence-corrected chi connectivity index (χ0v) is 15.1. The Bertz CT molecular complexity index is 977. The van der Waals surface area contributed by atoms with Crippen LogP contribution in [-0.2, 0) is 18.4 Å². The molecule has 142 valence electrons. The predicted octanol–water partition coefficient (Wildman–Crippen LogP) is 1.54. The number of aryl methyl sites for hydroxylation is 2. The van der Waals surface area contributed by atoms with Crippen LogP contribution in [0.2, 0.25) is 0 Å². The Morgan fingerprint density at radius 2 is 2.30 bits per heavy atom. The number of hydrogen-bond acceptors (Lipinski definition) is 6. The Balaban J connectivity index is 1.57. The van der Waals surface area contributed by atoms with Gasteiger partial charge in [0.2, 0.25) is 0 Å². The molecule has 3 heterocycles. The molecule has 4 rings (SSSR count). The summed E-state index contributed by atoms with van der Waals surface area (Å²) >= 11 is 0. The Kier molecular flexibility index (Phi) is 4.59. The number of nitrogens with zero attached hydrogens (tertiary/aromatic N) is 2. The van der Waals surface area contributed by atoms with Crippen molar-refractivity contribution in [2.24, 2.45) is 7.05 Å². The van der Waals surface area contributed by atoms with Crippen molar-refractivity contribution in [2.75, 3.05) is 13.2 Å². The van der Waals surface area contributed by atoms with Crippen LogP contribution >= 0.6 is 0 Å². The van der Waals surface area contributed by atoms with E-state index in [1.54, 1.807) is 31.3 Å². The number of rotatable bonds is 5. The van der Waals surface area contributed by atoms with Gasteiger partial charge in [-0.2, -0.15) is 0 Å². The number of aliphatic hydroxyl groups excluding tert-OH is 1. The summed E-state index contributed by atoms with van der Waals surface area (Å²) in [7, 11) is 1.90. The van der Waals surface area contributed by atoms with Gasteiger partial charge in [-0.05, 0) is 25.1 Å². The number of carbonyl (C=O) groups excluding carboxylic acids is 1. The van der Waals surface area contributed by atoms with Crippen molar-refractivity contribution in [3.05, 3.63) is 47.7 Å². The maximum Gasteiger partial charge on any atom is 0.255 e. The van der Waals surface area contributed by atoms with Gasteiger partial charge in [-0.15, -0.1) is 0 Å². The minimum absolute atomic E-state index is 0.223. The minimum Gasteiger partial charge on any atom is -0.486 e. The van der Waals surface area contributed by atoms with Crippen LogP contribution in [0.25, 0.3) is 11.0 Å². The first-order valence-electron chi connectivity index (χ1n) is 8.71. The van der Waals surface area contributed by atoms with Gasteiger partial charge < -0.3 is 28.9 Å². The number of benzene rings is 1. The van der Waals surface area contributed by atoms with Crippen molar-refractivity contribution in [3.63, 3.8) is 0 Å². The summed E-state index contributed by atoms with van der Waals surface area (Å²) < 4.78 is 18.6. The molecule has 8 heteroatoms. The van der Waals surface area contributed by atoms with Gasteiger partial charge in [0.1, 0.15) is 29.5 Å². The lowest BCUT2D eigenvalue weighted by Crippen LogP contribution is -2.42. The quantitative estimate of drug-likeness (QED) is 0.706. The summed E-state index contributed by atoms with van der Waals surface area (Å²) in [6, 6.07) is 4.93. The Morgan fingerprint density at radius 3 is 3.00 bits per heavy atom. The van der Waals surface area contributed by atoms with Crippen LogP contribution in [0.4, 0.5) is 0 Å². The SMILES string of the molecule is Cc1oc2ccc(OCc3nccn3C)cc2c1C(=O)NC1COC[C@@H]1O. The lowest BCUT2D eigenvalue weighted by Gasteiger charge is -2.14. The summed E-state index contributed by atoms with van der Waals surface area (Å²) in [5, 5.41) is 13.3. The normalized spacial score (nSPS) is 19.5. The van der Waals surface area contributed by atoms with Gasteiger partial charge in [-0.1, -0.05) is 0 Å². The third kappa shape index (κ3) is 3.41. The fourth-order valence-electron chi connectivity index (χ4n) is 3.18. The van der Waals surface area contributed by atoms with E-state index in [4.69, 9.17) is 13.9 Å². The third-order valence-corrected chi connectivity index (χ3v) is 4.72. The maximum absolute atomic E-state index is 12.8. The number of carbonyl (C=O) groups is 1. The average molecular weight is 371 g/mol. The molecular weight excluding hydrogens is 350 g/mol. The van der Waals surface area contributed by atoms with Gasteiger partial charge in [0.05, 0.1) is 30.9 Å². The lowest BCUT2D eigenvalue weighted by atomic mass is 10.1. The molecule has 1 aliphatic heterocycles. The van der Waals surface area contributed by atoms with Crippen LogP contribution in [0.3, 0.4) is 0 Å². The molecule has 1 aromatic carbocycles. The van der Waals surface area contributed by atoms with Crippen LogP contribution in [0.1, 0.15) is 21.9 Å². The summed E-state index contributed by atoms with van der Waals surface area (Å²) in [5.74, 6) is 1.62. The highest BCUT2D eigenvalue weighted by atomic mass is 16.5. The van der Waals surface area contributed by atoms with E-state index in [-0.39, 0.29) is 12.5 Å². The molecule has 8 nitrogen and oxygen atoms in total. The average Bonchev–Trinajstić information content (AvgIpc) is 3.31. The molecule has 2 N–H and O–H groups in total. The zero-order chi connectivity index (χ0) is 19.0. The predicted molar refractivity (Wildman–Crippen MR) is 96.6 cm³/mol. The van der Waals surface area contributed by atoms with Crippen LogP contribution < -0.4 is 10.1 Å². The molecule has 1 aliphatic rings. The highest BCUT2D eigenvalue weighted by molar-refractivity contribution is 6.07. The number of fused-ring (bicyclic) bond motifs is 1. The van der Waals surface area contributed by atoms with E-state index in [1.807, 2.05) is 17.8 Å².